The van der Waals surface area contributed by atoms with E-state index in [2.05, 4.69) is 5.32 Å². The van der Waals surface area contributed by atoms with Crippen molar-refractivity contribution in [3.63, 3.8) is 0 Å². The van der Waals surface area contributed by atoms with Gasteiger partial charge in [0.15, 0.2) is 0 Å². The molecule has 0 spiro atoms. The third kappa shape index (κ3) is 6.40. The summed E-state index contributed by atoms with van der Waals surface area (Å²) in [6.45, 7) is 3.97. The van der Waals surface area contributed by atoms with Gasteiger partial charge in [-0.15, -0.1) is 0 Å². The van der Waals surface area contributed by atoms with E-state index >= 15 is 0 Å². The smallest absolute Gasteiger partial charge is 0.326 e. The summed E-state index contributed by atoms with van der Waals surface area (Å²) in [5.74, 6) is -1.26. The van der Waals surface area contributed by atoms with E-state index in [0.717, 1.165) is 12.8 Å². The summed E-state index contributed by atoms with van der Waals surface area (Å²) in [5.41, 5.74) is 0. The molecule has 0 aromatic carbocycles. The SMILES string of the molecule is CCCCC(NC(=O)N(CC)CC(=O)N(C)C)C(=O)O. The summed E-state index contributed by atoms with van der Waals surface area (Å²) in [6, 6.07) is -1.43. The van der Waals surface area contributed by atoms with Crippen molar-refractivity contribution in [1.82, 2.24) is 15.1 Å². The van der Waals surface area contributed by atoms with Crippen LogP contribution in [-0.2, 0) is 9.59 Å². The lowest BCUT2D eigenvalue weighted by Gasteiger charge is -2.24. The topological polar surface area (TPSA) is 90.0 Å². The zero-order valence-electron chi connectivity index (χ0n) is 12.7. The van der Waals surface area contributed by atoms with Gasteiger partial charge in [-0.05, 0) is 13.3 Å². The average molecular weight is 287 g/mol. The number of carboxylic acid groups (broad SMARTS) is 1. The summed E-state index contributed by atoms with van der Waals surface area (Å²) in [7, 11) is 3.21. The molecule has 0 rings (SSSR count). The molecule has 0 aliphatic heterocycles. The normalized spacial score (nSPS) is 11.6. The Kier molecular flexibility index (Phi) is 8.35. The molecule has 0 aromatic heterocycles. The van der Waals surface area contributed by atoms with Gasteiger partial charge in [0.05, 0.1) is 0 Å². The van der Waals surface area contributed by atoms with Crippen molar-refractivity contribution >= 4 is 17.9 Å². The standard InChI is InChI=1S/C13H25N3O4/c1-5-7-8-10(12(18)19)14-13(20)16(6-2)9-11(17)15(3)4/h10H,5-9H2,1-4H3,(H,14,20)(H,18,19). The van der Waals surface area contributed by atoms with Crippen LogP contribution >= 0.6 is 0 Å². The number of amides is 3. The molecule has 20 heavy (non-hydrogen) atoms. The number of urea groups is 1. The van der Waals surface area contributed by atoms with E-state index in [1.807, 2.05) is 6.92 Å². The first-order valence-corrected chi connectivity index (χ1v) is 6.81. The van der Waals surface area contributed by atoms with Crippen LogP contribution in [0.25, 0.3) is 0 Å². The minimum absolute atomic E-state index is 0.0601. The summed E-state index contributed by atoms with van der Waals surface area (Å²) >= 11 is 0. The zero-order chi connectivity index (χ0) is 15.7. The number of aliphatic carboxylic acids is 1. The van der Waals surface area contributed by atoms with Gasteiger partial charge in [-0.25, -0.2) is 9.59 Å². The lowest BCUT2D eigenvalue weighted by atomic mass is 10.1. The van der Waals surface area contributed by atoms with Gasteiger partial charge in [-0.3, -0.25) is 4.79 Å². The van der Waals surface area contributed by atoms with Gasteiger partial charge < -0.3 is 20.2 Å². The van der Waals surface area contributed by atoms with Crippen molar-refractivity contribution < 1.29 is 19.5 Å². The quantitative estimate of drug-likeness (QED) is 0.689. The molecule has 0 bridgehead atoms. The lowest BCUT2D eigenvalue weighted by Crippen LogP contribution is -2.50. The van der Waals surface area contributed by atoms with Gasteiger partial charge in [0.2, 0.25) is 5.91 Å². The Labute approximate surface area is 119 Å². The Morgan fingerprint density at radius 2 is 1.80 bits per heavy atom. The number of carbonyl (C=O) groups excluding carboxylic acids is 2. The number of nitrogens with one attached hydrogen (secondary N) is 1. The number of likely N-dealkylation sites (N-methyl/N-ethyl adjacent to an activating group) is 2. The van der Waals surface area contributed by atoms with Crippen molar-refractivity contribution in [3.8, 4) is 0 Å². The fourth-order valence-electron chi connectivity index (χ4n) is 1.54. The van der Waals surface area contributed by atoms with E-state index in [9.17, 15) is 14.4 Å². The molecule has 0 heterocycles. The fraction of sp³-hybridized carbons (Fsp3) is 0.769. The van der Waals surface area contributed by atoms with Gasteiger partial charge in [0, 0.05) is 20.6 Å². The first kappa shape index (κ1) is 18.2. The van der Waals surface area contributed by atoms with Gasteiger partial charge in [0.25, 0.3) is 0 Å². The molecule has 7 nitrogen and oxygen atoms in total. The van der Waals surface area contributed by atoms with Crippen LogP contribution in [0.1, 0.15) is 33.1 Å². The maximum Gasteiger partial charge on any atom is 0.326 e. The Bertz CT molecular complexity index is 345. The number of nitrogens with zero attached hydrogens (tertiary/aromatic N) is 2. The molecular weight excluding hydrogens is 262 g/mol. The molecule has 1 atom stereocenters. The molecule has 0 saturated carbocycles. The second kappa shape index (κ2) is 9.17. The first-order valence-electron chi connectivity index (χ1n) is 6.81. The molecule has 7 heteroatoms. The van der Waals surface area contributed by atoms with E-state index < -0.39 is 18.0 Å². The molecule has 0 aliphatic carbocycles. The lowest BCUT2D eigenvalue weighted by molar-refractivity contribution is -0.139. The number of carboxylic acids is 1. The number of carbonyl (C=O) groups is 3. The van der Waals surface area contributed by atoms with Crippen LogP contribution < -0.4 is 5.32 Å². The Balaban J connectivity index is 4.58. The van der Waals surface area contributed by atoms with Crippen LogP contribution in [-0.4, -0.2) is 66.0 Å². The molecule has 1 unspecified atom stereocenters. The molecule has 0 saturated heterocycles. The van der Waals surface area contributed by atoms with Gasteiger partial charge in [-0.1, -0.05) is 19.8 Å². The number of hydrogen-bond donors (Lipinski definition) is 2. The molecule has 3 amide bonds. The molecule has 0 aliphatic rings. The summed E-state index contributed by atoms with van der Waals surface area (Å²) in [5, 5.41) is 11.5. The molecule has 116 valence electrons. The summed E-state index contributed by atoms with van der Waals surface area (Å²) in [4.78, 5) is 37.3. The van der Waals surface area contributed by atoms with Gasteiger partial charge in [-0.2, -0.15) is 0 Å². The number of rotatable bonds is 8. The summed E-state index contributed by atoms with van der Waals surface area (Å²) in [6.07, 6.45) is 1.97. The zero-order valence-corrected chi connectivity index (χ0v) is 12.7. The monoisotopic (exact) mass is 287 g/mol. The highest BCUT2D eigenvalue weighted by atomic mass is 16.4. The molecule has 0 fully saturated rings. The van der Waals surface area contributed by atoms with E-state index in [1.54, 1.807) is 21.0 Å². The van der Waals surface area contributed by atoms with E-state index in [1.165, 1.54) is 9.80 Å². The largest absolute Gasteiger partial charge is 0.480 e. The minimum Gasteiger partial charge on any atom is -0.480 e. The number of unbranched alkanes of at least 4 members (excludes halogenated alkanes) is 1. The van der Waals surface area contributed by atoms with Crippen LogP contribution in [0.3, 0.4) is 0 Å². The third-order valence-corrected chi connectivity index (χ3v) is 2.94. The third-order valence-electron chi connectivity index (χ3n) is 2.94. The van der Waals surface area contributed by atoms with Crippen molar-refractivity contribution in [2.24, 2.45) is 0 Å². The van der Waals surface area contributed by atoms with E-state index in [-0.39, 0.29) is 12.5 Å². The van der Waals surface area contributed by atoms with E-state index in [4.69, 9.17) is 5.11 Å². The fourth-order valence-corrected chi connectivity index (χ4v) is 1.54. The predicted octanol–water partition coefficient (Wildman–Crippen LogP) is 0.750. The van der Waals surface area contributed by atoms with Crippen LogP contribution in [0.2, 0.25) is 0 Å². The molecule has 0 aromatic rings. The first-order chi connectivity index (χ1) is 9.33. The Morgan fingerprint density at radius 3 is 2.20 bits per heavy atom. The highest BCUT2D eigenvalue weighted by Crippen LogP contribution is 2.02. The highest BCUT2D eigenvalue weighted by molar-refractivity contribution is 5.86. The molecule has 2 N–H and O–H groups in total. The van der Waals surface area contributed by atoms with Crippen LogP contribution in [0.15, 0.2) is 0 Å². The van der Waals surface area contributed by atoms with Gasteiger partial charge in [0.1, 0.15) is 12.6 Å². The van der Waals surface area contributed by atoms with Gasteiger partial charge >= 0.3 is 12.0 Å². The minimum atomic E-state index is -1.05. The Morgan fingerprint density at radius 1 is 1.20 bits per heavy atom. The second-order valence-electron chi connectivity index (χ2n) is 4.78. The van der Waals surface area contributed by atoms with Crippen molar-refractivity contribution in [3.05, 3.63) is 0 Å². The van der Waals surface area contributed by atoms with Crippen molar-refractivity contribution in [2.75, 3.05) is 27.2 Å². The maximum absolute atomic E-state index is 12.0. The average Bonchev–Trinajstić information content (AvgIpc) is 2.39. The maximum atomic E-state index is 12.0. The van der Waals surface area contributed by atoms with E-state index in [0.29, 0.717) is 13.0 Å². The predicted molar refractivity (Wildman–Crippen MR) is 75.4 cm³/mol. The highest BCUT2D eigenvalue weighted by Gasteiger charge is 2.23. The van der Waals surface area contributed by atoms with Crippen LogP contribution in [0, 0.1) is 0 Å². The molecular formula is C13H25N3O4. The Hall–Kier alpha value is -1.79. The number of hydrogen-bond acceptors (Lipinski definition) is 3. The van der Waals surface area contributed by atoms with Crippen molar-refractivity contribution in [1.29, 1.82) is 0 Å². The second-order valence-corrected chi connectivity index (χ2v) is 4.78. The summed E-state index contributed by atoms with van der Waals surface area (Å²) < 4.78 is 0. The van der Waals surface area contributed by atoms with Crippen LogP contribution in [0.4, 0.5) is 4.79 Å². The van der Waals surface area contributed by atoms with Crippen LogP contribution in [0.5, 0.6) is 0 Å². The van der Waals surface area contributed by atoms with Crippen molar-refractivity contribution in [2.45, 2.75) is 39.2 Å². The molecule has 0 radical (unpaired) electrons.